The van der Waals surface area contributed by atoms with Gasteiger partial charge < -0.3 is 4.90 Å². The van der Waals surface area contributed by atoms with Gasteiger partial charge in [0.2, 0.25) is 0 Å². The number of nitrogens with one attached hydrogen (secondary N) is 1. The minimum absolute atomic E-state index is 0.779. The van der Waals surface area contributed by atoms with Crippen LogP contribution in [0.1, 0.15) is 29.9 Å². The van der Waals surface area contributed by atoms with Gasteiger partial charge in [-0.25, -0.2) is 0 Å². The Balaban J connectivity index is 2.05. The molecule has 1 nitrogen and oxygen atoms in total. The first kappa shape index (κ1) is 9.72. The predicted molar refractivity (Wildman–Crippen MR) is 59.2 cm³/mol. The number of hydrogen-bond acceptors (Lipinski definition) is 0. The van der Waals surface area contributed by atoms with Crippen LogP contribution >= 0.6 is 0 Å². The minimum Gasteiger partial charge on any atom is -0.468 e. The maximum absolute atomic E-state index is 4.06. The molecule has 1 aromatic rings. The molecule has 0 bridgehead atoms. The molecule has 1 N–H and O–H groups in total. The zero-order valence-electron chi connectivity index (χ0n) is 8.92. The van der Waals surface area contributed by atoms with Crippen LogP contribution in [0, 0.1) is 14.0 Å². The summed E-state index contributed by atoms with van der Waals surface area (Å²) in [6.07, 6.45) is 2.59. The lowest BCUT2D eigenvalue weighted by atomic mass is 9.89. The van der Waals surface area contributed by atoms with E-state index in [1.807, 2.05) is 0 Å². The number of quaternary nitrogens is 1. The van der Waals surface area contributed by atoms with Gasteiger partial charge in [-0.3, -0.25) is 0 Å². The second-order valence-corrected chi connectivity index (χ2v) is 4.43. The summed E-state index contributed by atoms with van der Waals surface area (Å²) < 4.78 is 0. The predicted octanol–water partition coefficient (Wildman–Crippen LogP) is 1.55. The molecule has 0 saturated carbocycles. The highest BCUT2D eigenvalue weighted by Crippen LogP contribution is 2.23. The van der Waals surface area contributed by atoms with Crippen LogP contribution in [0.5, 0.6) is 0 Å². The Morgan fingerprint density at radius 1 is 1.14 bits per heavy atom. The summed E-state index contributed by atoms with van der Waals surface area (Å²) in [6, 6.07) is 9.01. The van der Waals surface area contributed by atoms with Crippen LogP contribution in [-0.2, 0) is 0 Å². The summed E-state index contributed by atoms with van der Waals surface area (Å²) in [5.74, 6) is 0.779. The SMILES string of the molecule is [CH2-][NH+]1CCC(c2ccc(C)cc2)CC1. The van der Waals surface area contributed by atoms with E-state index in [0.717, 1.165) is 5.92 Å². The number of benzene rings is 1. The highest BCUT2D eigenvalue weighted by molar-refractivity contribution is 5.24. The molecule has 1 fully saturated rings. The Hall–Kier alpha value is -0.820. The number of likely N-dealkylation sites (tertiary alicyclic amines) is 1. The van der Waals surface area contributed by atoms with Crippen molar-refractivity contribution in [3.05, 3.63) is 42.4 Å². The van der Waals surface area contributed by atoms with Crippen molar-refractivity contribution in [2.24, 2.45) is 0 Å². The van der Waals surface area contributed by atoms with E-state index >= 15 is 0 Å². The Morgan fingerprint density at radius 2 is 1.71 bits per heavy atom. The maximum atomic E-state index is 4.06. The van der Waals surface area contributed by atoms with E-state index < -0.39 is 0 Å². The molecule has 0 amide bonds. The van der Waals surface area contributed by atoms with Crippen molar-refractivity contribution in [2.45, 2.75) is 25.7 Å². The summed E-state index contributed by atoms with van der Waals surface area (Å²) >= 11 is 0. The molecule has 1 heteroatoms. The maximum Gasteiger partial charge on any atom is 0.0536 e. The first-order chi connectivity index (χ1) is 6.75. The molecule has 0 spiro atoms. The van der Waals surface area contributed by atoms with Crippen molar-refractivity contribution in [2.75, 3.05) is 13.1 Å². The van der Waals surface area contributed by atoms with Crippen LogP contribution in [0.4, 0.5) is 0 Å². The summed E-state index contributed by atoms with van der Waals surface area (Å²) in [7, 11) is 4.06. The highest BCUT2D eigenvalue weighted by Gasteiger charge is 2.18. The molecule has 76 valence electrons. The first-order valence-electron chi connectivity index (χ1n) is 5.49. The van der Waals surface area contributed by atoms with Crippen LogP contribution in [0.2, 0.25) is 0 Å². The van der Waals surface area contributed by atoms with E-state index in [2.05, 4.69) is 38.2 Å². The van der Waals surface area contributed by atoms with E-state index in [1.165, 1.54) is 42.0 Å². The van der Waals surface area contributed by atoms with Gasteiger partial charge in [0.1, 0.15) is 0 Å². The lowest BCUT2D eigenvalue weighted by Gasteiger charge is -2.31. The van der Waals surface area contributed by atoms with Crippen molar-refractivity contribution in [3.63, 3.8) is 0 Å². The van der Waals surface area contributed by atoms with Gasteiger partial charge in [-0.15, -0.1) is 0 Å². The van der Waals surface area contributed by atoms with E-state index in [1.54, 1.807) is 0 Å². The lowest BCUT2D eigenvalue weighted by molar-refractivity contribution is -0.859. The normalized spacial score (nSPS) is 27.6. The van der Waals surface area contributed by atoms with Gasteiger partial charge in [-0.1, -0.05) is 29.8 Å². The molecule has 0 aromatic heterocycles. The van der Waals surface area contributed by atoms with Crippen molar-refractivity contribution in [1.29, 1.82) is 0 Å². The smallest absolute Gasteiger partial charge is 0.0536 e. The van der Waals surface area contributed by atoms with Crippen molar-refractivity contribution in [1.82, 2.24) is 0 Å². The van der Waals surface area contributed by atoms with Crippen LogP contribution in [0.3, 0.4) is 0 Å². The summed E-state index contributed by atoms with van der Waals surface area (Å²) in [6.45, 7) is 4.59. The third-order valence-corrected chi connectivity index (χ3v) is 3.24. The quantitative estimate of drug-likeness (QED) is 0.639. The monoisotopic (exact) mass is 189 g/mol. The number of rotatable bonds is 1. The number of aryl methyl sites for hydroxylation is 1. The van der Waals surface area contributed by atoms with Crippen LogP contribution in [-0.4, -0.2) is 13.1 Å². The summed E-state index contributed by atoms with van der Waals surface area (Å²) in [5.41, 5.74) is 2.87. The average Bonchev–Trinajstić information content (AvgIpc) is 2.21. The molecular weight excluding hydrogens is 170 g/mol. The average molecular weight is 189 g/mol. The van der Waals surface area contributed by atoms with Crippen LogP contribution in [0.15, 0.2) is 24.3 Å². The molecule has 1 aliphatic heterocycles. The summed E-state index contributed by atoms with van der Waals surface area (Å²) in [4.78, 5) is 1.44. The zero-order chi connectivity index (χ0) is 9.97. The summed E-state index contributed by atoms with van der Waals surface area (Å²) in [5, 5.41) is 0. The van der Waals surface area contributed by atoms with Gasteiger partial charge in [0, 0.05) is 12.8 Å². The van der Waals surface area contributed by atoms with Gasteiger partial charge in [0.15, 0.2) is 0 Å². The van der Waals surface area contributed by atoms with Gasteiger partial charge >= 0.3 is 0 Å². The van der Waals surface area contributed by atoms with E-state index in [4.69, 9.17) is 0 Å². The molecular formula is C13H19N. The minimum atomic E-state index is 0.779. The van der Waals surface area contributed by atoms with E-state index in [0.29, 0.717) is 0 Å². The molecule has 1 aliphatic rings. The fourth-order valence-electron chi connectivity index (χ4n) is 2.20. The second kappa shape index (κ2) is 4.14. The molecule has 1 aromatic carbocycles. The van der Waals surface area contributed by atoms with Gasteiger partial charge in [0.25, 0.3) is 0 Å². The Labute approximate surface area is 86.7 Å². The van der Waals surface area contributed by atoms with Crippen molar-refractivity contribution < 1.29 is 4.90 Å². The van der Waals surface area contributed by atoms with Crippen molar-refractivity contribution >= 4 is 0 Å². The largest absolute Gasteiger partial charge is 0.468 e. The lowest BCUT2D eigenvalue weighted by Crippen LogP contribution is -3.07. The topological polar surface area (TPSA) is 4.44 Å². The molecule has 1 saturated heterocycles. The molecule has 1 heterocycles. The third kappa shape index (κ3) is 2.16. The Bertz CT molecular complexity index is 281. The molecule has 0 atom stereocenters. The molecule has 14 heavy (non-hydrogen) atoms. The third-order valence-electron chi connectivity index (χ3n) is 3.24. The Kier molecular flexibility index (Phi) is 2.87. The molecule has 2 rings (SSSR count). The second-order valence-electron chi connectivity index (χ2n) is 4.43. The van der Waals surface area contributed by atoms with Crippen LogP contribution in [0.25, 0.3) is 0 Å². The van der Waals surface area contributed by atoms with Gasteiger partial charge in [-0.2, -0.15) is 7.05 Å². The fourth-order valence-corrected chi connectivity index (χ4v) is 2.20. The van der Waals surface area contributed by atoms with Gasteiger partial charge in [0.05, 0.1) is 13.1 Å². The number of piperidine rings is 1. The molecule has 0 unspecified atom stereocenters. The molecule has 0 radical (unpaired) electrons. The molecule has 0 aliphatic carbocycles. The van der Waals surface area contributed by atoms with Crippen molar-refractivity contribution in [3.8, 4) is 0 Å². The van der Waals surface area contributed by atoms with Gasteiger partial charge in [-0.05, 0) is 18.4 Å². The Morgan fingerprint density at radius 3 is 2.29 bits per heavy atom. The number of hydrogen-bond donors (Lipinski definition) is 1. The standard InChI is InChI=1S/C13H19N/c1-11-3-5-12(6-4-11)13-7-9-14(2)10-8-13/h3-6,13-14H,2,7-10H2,1H3. The van der Waals surface area contributed by atoms with Crippen LogP contribution < -0.4 is 4.90 Å². The zero-order valence-corrected chi connectivity index (χ0v) is 8.92. The fraction of sp³-hybridized carbons (Fsp3) is 0.462. The highest BCUT2D eigenvalue weighted by atomic mass is 15.1. The first-order valence-corrected chi connectivity index (χ1v) is 5.49. The van der Waals surface area contributed by atoms with E-state index in [-0.39, 0.29) is 0 Å². The van der Waals surface area contributed by atoms with E-state index in [9.17, 15) is 0 Å².